The van der Waals surface area contributed by atoms with Gasteiger partial charge in [0.15, 0.2) is 0 Å². The van der Waals surface area contributed by atoms with E-state index in [1.54, 1.807) is 25.7 Å². The van der Waals surface area contributed by atoms with E-state index in [1.807, 2.05) is 24.3 Å². The summed E-state index contributed by atoms with van der Waals surface area (Å²) in [6.07, 6.45) is 8.67. The van der Waals surface area contributed by atoms with Crippen LogP contribution in [0.15, 0.2) is 36.4 Å². The van der Waals surface area contributed by atoms with E-state index in [9.17, 15) is 32.4 Å². The fourth-order valence-corrected chi connectivity index (χ4v) is 10.5. The van der Waals surface area contributed by atoms with Gasteiger partial charge >= 0.3 is 22.4 Å². The van der Waals surface area contributed by atoms with Crippen molar-refractivity contribution in [3.63, 3.8) is 0 Å². The van der Waals surface area contributed by atoms with E-state index in [1.165, 1.54) is 16.9 Å². The van der Waals surface area contributed by atoms with Gasteiger partial charge in [0.1, 0.15) is 29.3 Å². The van der Waals surface area contributed by atoms with Gasteiger partial charge in [-0.25, -0.2) is 14.3 Å². The first-order valence-electron chi connectivity index (χ1n) is 22.1. The summed E-state index contributed by atoms with van der Waals surface area (Å²) in [5.74, 6) is -2.61. The lowest BCUT2D eigenvalue weighted by Gasteiger charge is -2.40. The zero-order chi connectivity index (χ0) is 43.4. The van der Waals surface area contributed by atoms with Crippen LogP contribution >= 0.6 is 0 Å². The summed E-state index contributed by atoms with van der Waals surface area (Å²) >= 11 is 0. The number of hydrogen-bond donors (Lipinski definition) is 3. The number of fused-ring (bicyclic) bond motifs is 3. The Kier molecular flexibility index (Phi) is 14.0. The summed E-state index contributed by atoms with van der Waals surface area (Å²) in [6.45, 7) is 8.56. The van der Waals surface area contributed by atoms with Gasteiger partial charge in [-0.1, -0.05) is 55.7 Å². The van der Waals surface area contributed by atoms with E-state index in [0.717, 1.165) is 48.6 Å². The summed E-state index contributed by atoms with van der Waals surface area (Å²) in [5.41, 5.74) is -0.170. The number of nitrogens with zero attached hydrogens (tertiary/aromatic N) is 4. The van der Waals surface area contributed by atoms with Crippen molar-refractivity contribution >= 4 is 40.1 Å². The molecule has 6 atom stereocenters. The Labute approximate surface area is 359 Å². The largest absolute Gasteiger partial charge is 0.444 e. The number of rotatable bonds is 7. The van der Waals surface area contributed by atoms with Crippen LogP contribution in [0.4, 0.5) is 9.59 Å². The Morgan fingerprint density at radius 3 is 2.46 bits per heavy atom. The van der Waals surface area contributed by atoms with Crippen molar-refractivity contribution in [3.8, 4) is 0 Å². The standard InChI is InChI=1S/C43H63N7O10S/c1-42(2,3)60-40(54)44-34-17-9-6-4-5-8-15-31-27-43(31,39(53)46-61(56,57)48-22-24-58-25-23-48)45-37(51)35-26-32(28-50(35)38(34)52)59-41(55)49-21-18-30-14-10-11-16-33(30)36(49)29-47-19-12-7-13-20-47/h8,10-11,14-16,31-32,34-36H,4-7,9,12-13,17-29H2,1-3H3,(H,44,54)(H,45,51)(H,46,53)/t31-,32-,34+,35+,36?,43-/m1/s1. The molecule has 1 aliphatic carbocycles. The van der Waals surface area contributed by atoms with E-state index >= 15 is 0 Å². The van der Waals surface area contributed by atoms with Crippen LogP contribution in [0.1, 0.15) is 102 Å². The highest BCUT2D eigenvalue weighted by molar-refractivity contribution is 7.87. The SMILES string of the molecule is CC(C)(C)OC(=O)N[C@H]1CCCCCC=C[C@@H]2C[C@@]2(C(=O)NS(=O)(=O)N2CCOCC2)NC(=O)[C@@H]2C[C@@H](OC(=O)N3CCc4ccccc4C3CN3CCCCC3)CN2C1=O. The summed E-state index contributed by atoms with van der Waals surface area (Å²) in [5, 5.41) is 5.61. The number of piperidine rings is 1. The van der Waals surface area contributed by atoms with E-state index in [2.05, 4.69) is 32.4 Å². The third kappa shape index (κ3) is 10.9. The number of morpholine rings is 1. The quantitative estimate of drug-likeness (QED) is 0.341. The van der Waals surface area contributed by atoms with E-state index < -0.39 is 75.4 Å². The molecule has 336 valence electrons. The van der Waals surface area contributed by atoms with Crippen LogP contribution in [0.3, 0.4) is 0 Å². The molecule has 0 bridgehead atoms. The number of amides is 5. The van der Waals surface area contributed by atoms with Gasteiger partial charge in [0, 0.05) is 38.5 Å². The van der Waals surface area contributed by atoms with Crippen molar-refractivity contribution in [1.82, 2.24) is 34.4 Å². The van der Waals surface area contributed by atoms with Crippen molar-refractivity contribution in [2.45, 2.75) is 127 Å². The molecule has 1 saturated carbocycles. The molecule has 1 aromatic carbocycles. The maximum absolute atomic E-state index is 14.7. The third-order valence-electron chi connectivity index (χ3n) is 12.7. The van der Waals surface area contributed by atoms with E-state index in [0.29, 0.717) is 32.4 Å². The van der Waals surface area contributed by atoms with Gasteiger partial charge in [-0.05, 0) is 89.9 Å². The number of carbonyl (C=O) groups is 5. The van der Waals surface area contributed by atoms with Crippen molar-refractivity contribution in [2.75, 3.05) is 59.0 Å². The zero-order valence-electron chi connectivity index (χ0n) is 35.8. The van der Waals surface area contributed by atoms with Gasteiger partial charge < -0.3 is 34.6 Å². The summed E-state index contributed by atoms with van der Waals surface area (Å²) in [6, 6.07) is 5.63. The van der Waals surface area contributed by atoms with Gasteiger partial charge in [-0.15, -0.1) is 0 Å². The number of carbonyl (C=O) groups excluding carboxylic acids is 5. The topological polar surface area (TPSA) is 196 Å². The minimum Gasteiger partial charge on any atom is -0.444 e. The molecule has 5 amide bonds. The summed E-state index contributed by atoms with van der Waals surface area (Å²) < 4.78 is 47.1. The lowest BCUT2D eigenvalue weighted by Crippen LogP contribution is -2.59. The predicted octanol–water partition coefficient (Wildman–Crippen LogP) is 3.16. The Hall–Kier alpha value is -4.26. The van der Waals surface area contributed by atoms with Gasteiger partial charge in [-0.2, -0.15) is 12.7 Å². The minimum absolute atomic E-state index is 0.0754. The number of nitrogens with one attached hydrogen (secondary N) is 3. The van der Waals surface area contributed by atoms with Crippen LogP contribution in [0, 0.1) is 5.92 Å². The Balaban J connectivity index is 1.15. The molecule has 0 aromatic heterocycles. The van der Waals surface area contributed by atoms with Crippen LogP contribution in [-0.2, 0) is 45.2 Å². The molecule has 3 saturated heterocycles. The lowest BCUT2D eigenvalue weighted by atomic mass is 9.92. The molecular formula is C43H63N7O10S. The fourth-order valence-electron chi connectivity index (χ4n) is 9.34. The normalized spacial score (nSPS) is 29.5. The van der Waals surface area contributed by atoms with Crippen molar-refractivity contribution in [3.05, 3.63) is 47.5 Å². The van der Waals surface area contributed by atoms with Gasteiger partial charge in [-0.3, -0.25) is 19.3 Å². The molecule has 0 radical (unpaired) electrons. The molecule has 6 aliphatic rings. The number of alkyl carbamates (subject to hydrolysis) is 1. The van der Waals surface area contributed by atoms with Gasteiger partial charge in [0.2, 0.25) is 11.8 Å². The van der Waals surface area contributed by atoms with Gasteiger partial charge in [0.05, 0.1) is 25.8 Å². The number of likely N-dealkylation sites (tertiary alicyclic amines) is 1. The molecule has 7 rings (SSSR count). The van der Waals surface area contributed by atoms with Crippen LogP contribution in [0.2, 0.25) is 0 Å². The average Bonchev–Trinajstić information content (AvgIpc) is 3.76. The monoisotopic (exact) mass is 869 g/mol. The highest BCUT2D eigenvalue weighted by atomic mass is 32.2. The number of hydrogen-bond acceptors (Lipinski definition) is 11. The highest BCUT2D eigenvalue weighted by Crippen LogP contribution is 2.46. The molecule has 4 fully saturated rings. The van der Waals surface area contributed by atoms with Gasteiger partial charge in [0.25, 0.3) is 5.91 Å². The molecule has 1 aromatic rings. The first-order valence-corrected chi connectivity index (χ1v) is 23.5. The van der Waals surface area contributed by atoms with Crippen LogP contribution in [-0.4, -0.2) is 146 Å². The Bertz CT molecular complexity index is 1930. The van der Waals surface area contributed by atoms with Crippen LogP contribution in [0.5, 0.6) is 0 Å². The van der Waals surface area contributed by atoms with Crippen LogP contribution in [0.25, 0.3) is 0 Å². The molecule has 1 unspecified atom stereocenters. The lowest BCUT2D eigenvalue weighted by molar-refractivity contribution is -0.141. The van der Waals surface area contributed by atoms with Crippen LogP contribution < -0.4 is 15.4 Å². The average molecular weight is 870 g/mol. The number of benzene rings is 1. The first-order chi connectivity index (χ1) is 29.1. The predicted molar refractivity (Wildman–Crippen MR) is 224 cm³/mol. The highest BCUT2D eigenvalue weighted by Gasteiger charge is 2.62. The maximum Gasteiger partial charge on any atom is 0.410 e. The van der Waals surface area contributed by atoms with E-state index in [4.69, 9.17) is 14.2 Å². The molecule has 0 spiro atoms. The minimum atomic E-state index is -4.25. The number of allylic oxidation sites excluding steroid dienone is 1. The molecular weight excluding hydrogens is 807 g/mol. The first kappa shape index (κ1) is 44.8. The second-order valence-electron chi connectivity index (χ2n) is 18.3. The smallest absolute Gasteiger partial charge is 0.410 e. The molecule has 17 nitrogen and oxygen atoms in total. The molecule has 5 heterocycles. The number of ether oxygens (including phenoxy) is 3. The van der Waals surface area contributed by atoms with E-state index in [-0.39, 0.29) is 58.2 Å². The van der Waals surface area contributed by atoms with Crippen molar-refractivity contribution in [2.24, 2.45) is 5.92 Å². The molecule has 5 aliphatic heterocycles. The molecule has 18 heteroatoms. The third-order valence-corrected chi connectivity index (χ3v) is 14.1. The Morgan fingerprint density at radius 1 is 0.967 bits per heavy atom. The fraction of sp³-hybridized carbons (Fsp3) is 0.698. The van der Waals surface area contributed by atoms with Crippen molar-refractivity contribution < 1.29 is 46.6 Å². The maximum atomic E-state index is 14.7. The second-order valence-corrected chi connectivity index (χ2v) is 19.9. The second kappa shape index (κ2) is 19.0. The van der Waals surface area contributed by atoms with Crippen molar-refractivity contribution in [1.29, 1.82) is 0 Å². The molecule has 3 N–H and O–H groups in total. The zero-order valence-corrected chi connectivity index (χ0v) is 36.6. The summed E-state index contributed by atoms with van der Waals surface area (Å²) in [4.78, 5) is 76.2. The molecule has 61 heavy (non-hydrogen) atoms. The Morgan fingerprint density at radius 2 is 1.70 bits per heavy atom. The summed E-state index contributed by atoms with van der Waals surface area (Å²) in [7, 11) is -4.25.